The standard InChI is InChI=1S/C12H18O2/c1-8-3-4-9-5-6-10(13)11(14)12(9,2)7-8/h3,9,11,14H,4-7H2,1-2H3/t9-,11-,12+/m0/s1. The van der Waals surface area contributed by atoms with Crippen LogP contribution in [0.25, 0.3) is 0 Å². The van der Waals surface area contributed by atoms with Crippen LogP contribution in [0.2, 0.25) is 0 Å². The summed E-state index contributed by atoms with van der Waals surface area (Å²) in [5.74, 6) is 0.539. The summed E-state index contributed by atoms with van der Waals surface area (Å²) < 4.78 is 0. The van der Waals surface area contributed by atoms with Crippen LogP contribution in [0.4, 0.5) is 0 Å². The SMILES string of the molecule is CC1=CC[C@H]2CCC(=O)[C@H](O)[C@]2(C)C1. The number of aliphatic hydroxyl groups excluding tert-OH is 1. The summed E-state index contributed by atoms with van der Waals surface area (Å²) in [7, 11) is 0. The number of carbonyl (C=O) groups is 1. The normalized spacial score (nSPS) is 43.1. The van der Waals surface area contributed by atoms with Crippen LogP contribution in [-0.2, 0) is 4.79 Å². The van der Waals surface area contributed by atoms with Crippen LogP contribution in [-0.4, -0.2) is 17.0 Å². The predicted molar refractivity (Wildman–Crippen MR) is 54.8 cm³/mol. The maximum atomic E-state index is 11.5. The van der Waals surface area contributed by atoms with Crippen LogP contribution in [0.5, 0.6) is 0 Å². The van der Waals surface area contributed by atoms with Gasteiger partial charge in [0, 0.05) is 11.8 Å². The number of allylic oxidation sites excluding steroid dienone is 2. The highest BCUT2D eigenvalue weighted by Gasteiger charge is 2.47. The Morgan fingerprint density at radius 2 is 2.29 bits per heavy atom. The van der Waals surface area contributed by atoms with Crippen LogP contribution < -0.4 is 0 Å². The van der Waals surface area contributed by atoms with Gasteiger partial charge in [-0.15, -0.1) is 0 Å². The highest BCUT2D eigenvalue weighted by Crippen LogP contribution is 2.48. The van der Waals surface area contributed by atoms with E-state index < -0.39 is 6.10 Å². The predicted octanol–water partition coefficient (Wildman–Crippen LogP) is 2.07. The average molecular weight is 194 g/mol. The van der Waals surface area contributed by atoms with Crippen molar-refractivity contribution < 1.29 is 9.90 Å². The average Bonchev–Trinajstić information content (AvgIpc) is 2.13. The molecular formula is C12H18O2. The summed E-state index contributed by atoms with van der Waals surface area (Å²) in [6.07, 6.45) is 4.96. The number of ketones is 1. The Labute approximate surface area is 85.0 Å². The van der Waals surface area contributed by atoms with Crippen molar-refractivity contribution in [2.75, 3.05) is 0 Å². The van der Waals surface area contributed by atoms with E-state index in [2.05, 4.69) is 19.9 Å². The van der Waals surface area contributed by atoms with Crippen LogP contribution in [0.15, 0.2) is 11.6 Å². The van der Waals surface area contributed by atoms with E-state index in [1.165, 1.54) is 5.57 Å². The molecule has 2 rings (SSSR count). The summed E-state index contributed by atoms with van der Waals surface area (Å²) in [5, 5.41) is 9.97. The smallest absolute Gasteiger partial charge is 0.161 e. The van der Waals surface area contributed by atoms with Crippen LogP contribution >= 0.6 is 0 Å². The monoisotopic (exact) mass is 194 g/mol. The lowest BCUT2D eigenvalue weighted by Gasteiger charge is -2.46. The molecule has 0 spiro atoms. The summed E-state index contributed by atoms with van der Waals surface area (Å²) in [5.41, 5.74) is 1.13. The molecule has 14 heavy (non-hydrogen) atoms. The molecule has 0 aliphatic heterocycles. The van der Waals surface area contributed by atoms with Crippen LogP contribution in [0.1, 0.15) is 39.5 Å². The number of aliphatic hydroxyl groups is 1. The number of fused-ring (bicyclic) bond motifs is 1. The molecule has 0 aromatic rings. The minimum absolute atomic E-state index is 0.0402. The molecule has 0 unspecified atom stereocenters. The largest absolute Gasteiger partial charge is 0.385 e. The lowest BCUT2D eigenvalue weighted by molar-refractivity contribution is -0.143. The zero-order valence-corrected chi connectivity index (χ0v) is 8.92. The van der Waals surface area contributed by atoms with Crippen molar-refractivity contribution in [1.29, 1.82) is 0 Å². The van der Waals surface area contributed by atoms with E-state index in [9.17, 15) is 9.90 Å². The first-order valence-corrected chi connectivity index (χ1v) is 5.40. The van der Waals surface area contributed by atoms with E-state index in [1.54, 1.807) is 0 Å². The number of hydrogen-bond donors (Lipinski definition) is 1. The van der Waals surface area contributed by atoms with Gasteiger partial charge < -0.3 is 5.11 Å². The minimum Gasteiger partial charge on any atom is -0.385 e. The zero-order valence-electron chi connectivity index (χ0n) is 8.92. The van der Waals surface area contributed by atoms with E-state index in [1.807, 2.05) is 0 Å². The first-order chi connectivity index (χ1) is 6.54. The summed E-state index contributed by atoms with van der Waals surface area (Å²) in [6.45, 7) is 4.16. The highest BCUT2D eigenvalue weighted by atomic mass is 16.3. The second-order valence-electron chi connectivity index (χ2n) is 5.07. The Balaban J connectivity index is 2.30. The third-order valence-electron chi connectivity index (χ3n) is 4.01. The van der Waals surface area contributed by atoms with E-state index >= 15 is 0 Å². The molecule has 3 atom stereocenters. The Bertz CT molecular complexity index is 293. The van der Waals surface area contributed by atoms with E-state index in [-0.39, 0.29) is 11.2 Å². The molecule has 2 heteroatoms. The van der Waals surface area contributed by atoms with Crippen LogP contribution in [0, 0.1) is 11.3 Å². The number of rotatable bonds is 0. The Morgan fingerprint density at radius 1 is 1.57 bits per heavy atom. The molecular weight excluding hydrogens is 176 g/mol. The molecule has 0 aromatic carbocycles. The summed E-state index contributed by atoms with van der Waals surface area (Å²) in [4.78, 5) is 11.5. The molecule has 2 aliphatic rings. The lowest BCUT2D eigenvalue weighted by atomic mass is 9.59. The van der Waals surface area contributed by atoms with Gasteiger partial charge in [0.1, 0.15) is 6.10 Å². The van der Waals surface area contributed by atoms with Gasteiger partial charge >= 0.3 is 0 Å². The van der Waals surface area contributed by atoms with Crippen molar-refractivity contribution in [2.24, 2.45) is 11.3 Å². The summed E-state index contributed by atoms with van der Waals surface area (Å²) >= 11 is 0. The second-order valence-corrected chi connectivity index (χ2v) is 5.07. The number of carbonyl (C=O) groups excluding carboxylic acids is 1. The molecule has 0 bridgehead atoms. The third kappa shape index (κ3) is 1.33. The van der Waals surface area contributed by atoms with Crippen molar-refractivity contribution in [3.05, 3.63) is 11.6 Å². The van der Waals surface area contributed by atoms with Gasteiger partial charge in [-0.05, 0) is 32.1 Å². The van der Waals surface area contributed by atoms with Gasteiger partial charge in [0.25, 0.3) is 0 Å². The Morgan fingerprint density at radius 3 is 3.00 bits per heavy atom. The zero-order chi connectivity index (χ0) is 10.3. The summed E-state index contributed by atoms with van der Waals surface area (Å²) in [6, 6.07) is 0. The first kappa shape index (κ1) is 9.91. The molecule has 1 fully saturated rings. The van der Waals surface area contributed by atoms with Crippen molar-refractivity contribution in [3.8, 4) is 0 Å². The van der Waals surface area contributed by atoms with Crippen LogP contribution in [0.3, 0.4) is 0 Å². The fourth-order valence-electron chi connectivity index (χ4n) is 3.02. The van der Waals surface area contributed by atoms with Gasteiger partial charge in [-0.2, -0.15) is 0 Å². The molecule has 0 heterocycles. The molecule has 2 aliphatic carbocycles. The molecule has 0 amide bonds. The quantitative estimate of drug-likeness (QED) is 0.599. The molecule has 1 saturated carbocycles. The lowest BCUT2D eigenvalue weighted by Crippen LogP contribution is -2.49. The van der Waals surface area contributed by atoms with Gasteiger partial charge in [-0.25, -0.2) is 0 Å². The molecule has 0 aromatic heterocycles. The molecule has 78 valence electrons. The van der Waals surface area contributed by atoms with Gasteiger partial charge in [0.15, 0.2) is 5.78 Å². The Kier molecular flexibility index (Phi) is 2.26. The molecule has 1 N–H and O–H groups in total. The topological polar surface area (TPSA) is 37.3 Å². The maximum Gasteiger partial charge on any atom is 0.161 e. The molecule has 2 nitrogen and oxygen atoms in total. The van der Waals surface area contributed by atoms with E-state index in [0.29, 0.717) is 12.3 Å². The molecule has 0 radical (unpaired) electrons. The first-order valence-electron chi connectivity index (χ1n) is 5.40. The van der Waals surface area contributed by atoms with Crippen molar-refractivity contribution in [2.45, 2.75) is 45.6 Å². The maximum absolute atomic E-state index is 11.5. The number of hydrogen-bond acceptors (Lipinski definition) is 2. The third-order valence-corrected chi connectivity index (χ3v) is 4.01. The Hall–Kier alpha value is -0.630. The molecule has 0 saturated heterocycles. The van der Waals surface area contributed by atoms with Crippen molar-refractivity contribution in [3.63, 3.8) is 0 Å². The highest BCUT2D eigenvalue weighted by molar-refractivity contribution is 5.84. The fourth-order valence-corrected chi connectivity index (χ4v) is 3.02. The fraction of sp³-hybridized carbons (Fsp3) is 0.750. The van der Waals surface area contributed by atoms with Gasteiger partial charge in [0.05, 0.1) is 0 Å². The van der Waals surface area contributed by atoms with Gasteiger partial charge in [-0.1, -0.05) is 18.6 Å². The second kappa shape index (κ2) is 3.20. The minimum atomic E-state index is -0.732. The van der Waals surface area contributed by atoms with E-state index in [4.69, 9.17) is 0 Å². The van der Waals surface area contributed by atoms with Gasteiger partial charge in [0.2, 0.25) is 0 Å². The van der Waals surface area contributed by atoms with E-state index in [0.717, 1.165) is 19.3 Å². The van der Waals surface area contributed by atoms with Crippen molar-refractivity contribution in [1.82, 2.24) is 0 Å². The van der Waals surface area contributed by atoms with Gasteiger partial charge in [-0.3, -0.25) is 4.79 Å². The van der Waals surface area contributed by atoms with Crippen molar-refractivity contribution >= 4 is 5.78 Å². The number of Topliss-reactive ketones (excluding diaryl/α,β-unsaturated/α-hetero) is 1.